The van der Waals surface area contributed by atoms with Gasteiger partial charge in [0.15, 0.2) is 0 Å². The van der Waals surface area contributed by atoms with Gasteiger partial charge in [-0.1, -0.05) is 73.8 Å². The van der Waals surface area contributed by atoms with Crippen molar-refractivity contribution in [3.8, 4) is 5.75 Å². The second-order valence-corrected chi connectivity index (χ2v) is 12.5. The predicted octanol–water partition coefficient (Wildman–Crippen LogP) is 8.80. The number of aliphatic hydroxyl groups is 1. The van der Waals surface area contributed by atoms with E-state index >= 15 is 0 Å². The number of carboxylic acids is 1. The van der Waals surface area contributed by atoms with Crippen LogP contribution in [0.5, 0.6) is 5.75 Å². The fourth-order valence-electron chi connectivity index (χ4n) is 5.15. The van der Waals surface area contributed by atoms with E-state index < -0.39 is 5.97 Å². The number of fused-ring (bicyclic) bond motifs is 3. The number of rotatable bonds is 7. The van der Waals surface area contributed by atoms with Crippen LogP contribution in [-0.2, 0) is 11.2 Å². The van der Waals surface area contributed by atoms with Gasteiger partial charge in [0.25, 0.3) is 5.97 Å². The van der Waals surface area contributed by atoms with Gasteiger partial charge in [0.2, 0.25) is 0 Å². The molecule has 0 saturated heterocycles. The van der Waals surface area contributed by atoms with Gasteiger partial charge in [-0.2, -0.15) is 0 Å². The van der Waals surface area contributed by atoms with Crippen LogP contribution in [0.4, 0.5) is 0 Å². The van der Waals surface area contributed by atoms with Crippen molar-refractivity contribution < 1.29 is 19.7 Å². The van der Waals surface area contributed by atoms with Gasteiger partial charge >= 0.3 is 0 Å². The second-order valence-electron chi connectivity index (χ2n) is 11.6. The number of aliphatic carboxylic acids is 1. The number of aromatic nitrogens is 1. The normalized spacial score (nSPS) is 17.4. The summed E-state index contributed by atoms with van der Waals surface area (Å²) in [5, 5.41) is 18.4. The molecule has 0 fully saturated rings. The molecule has 0 spiro atoms. The predicted molar refractivity (Wildman–Crippen MR) is 176 cm³/mol. The van der Waals surface area contributed by atoms with Crippen LogP contribution in [0.25, 0.3) is 10.9 Å². The minimum atomic E-state index is -0.833. The molecule has 3 N–H and O–H groups in total. The average Bonchev–Trinajstić information content (AvgIpc) is 3.34. The lowest BCUT2D eigenvalue weighted by Crippen LogP contribution is -2.36. The van der Waals surface area contributed by atoms with Crippen molar-refractivity contribution in [2.75, 3.05) is 19.8 Å². The molecule has 2 aromatic carbocycles. The van der Waals surface area contributed by atoms with Crippen LogP contribution in [0.2, 0.25) is 0 Å². The van der Waals surface area contributed by atoms with E-state index in [1.54, 1.807) is 0 Å². The average molecular weight is 640 g/mol. The van der Waals surface area contributed by atoms with Crippen LogP contribution in [0.3, 0.4) is 0 Å². The first-order valence-corrected chi connectivity index (χ1v) is 15.8. The molecule has 0 radical (unpaired) electrons. The SMILES string of the molecule is CC(=O)O.CCC.CCC(C)(CO)COc1ccc(C2c3[nH]c4ccc(Br)cc4c3CCN2C2=CC=C(C)CC2)cc1. The summed E-state index contributed by atoms with van der Waals surface area (Å²) in [4.78, 5) is 15.4. The minimum absolute atomic E-state index is 0.126. The van der Waals surface area contributed by atoms with E-state index in [-0.39, 0.29) is 18.1 Å². The first-order chi connectivity index (χ1) is 20.0. The van der Waals surface area contributed by atoms with Crippen LogP contribution in [-0.4, -0.2) is 45.8 Å². The van der Waals surface area contributed by atoms with E-state index in [1.165, 1.54) is 45.4 Å². The van der Waals surface area contributed by atoms with Crippen LogP contribution < -0.4 is 4.74 Å². The van der Waals surface area contributed by atoms with Gasteiger partial charge in [-0.25, -0.2) is 0 Å². The number of allylic oxidation sites excluding steroid dienone is 4. The highest BCUT2D eigenvalue weighted by molar-refractivity contribution is 9.10. The molecular weight excluding hydrogens is 592 g/mol. The quantitative estimate of drug-likeness (QED) is 0.241. The third kappa shape index (κ3) is 8.51. The molecule has 1 aromatic heterocycles. The zero-order valence-electron chi connectivity index (χ0n) is 26.0. The van der Waals surface area contributed by atoms with Crippen molar-refractivity contribution in [1.29, 1.82) is 0 Å². The summed E-state index contributed by atoms with van der Waals surface area (Å²) in [5.74, 6) is 0.0143. The lowest BCUT2D eigenvalue weighted by Gasteiger charge is -2.40. The van der Waals surface area contributed by atoms with Crippen molar-refractivity contribution in [3.05, 3.63) is 87.2 Å². The molecule has 2 atom stereocenters. The largest absolute Gasteiger partial charge is 0.493 e. The highest BCUT2D eigenvalue weighted by Gasteiger charge is 2.33. The van der Waals surface area contributed by atoms with Gasteiger partial charge in [0.1, 0.15) is 5.75 Å². The number of hydrogen-bond donors (Lipinski definition) is 3. The molecule has 2 aliphatic rings. The molecule has 6 nitrogen and oxygen atoms in total. The molecular formula is C35H47BrN2O4. The fourth-order valence-corrected chi connectivity index (χ4v) is 5.51. The summed E-state index contributed by atoms with van der Waals surface area (Å²) >= 11 is 3.66. The van der Waals surface area contributed by atoms with Gasteiger partial charge in [0.05, 0.1) is 19.3 Å². The molecule has 1 aliphatic heterocycles. The van der Waals surface area contributed by atoms with Crippen LogP contribution in [0.15, 0.2) is 70.4 Å². The molecule has 1 aliphatic carbocycles. The molecule has 0 bridgehead atoms. The zero-order valence-corrected chi connectivity index (χ0v) is 27.6. The van der Waals surface area contributed by atoms with Crippen LogP contribution in [0, 0.1) is 5.41 Å². The Balaban J connectivity index is 0.000000627. The molecule has 3 aromatic rings. The monoisotopic (exact) mass is 638 g/mol. The Hall–Kier alpha value is -3.03. The lowest BCUT2D eigenvalue weighted by molar-refractivity contribution is -0.134. The number of nitrogens with one attached hydrogen (secondary N) is 1. The zero-order chi connectivity index (χ0) is 30.9. The van der Waals surface area contributed by atoms with Crippen LogP contribution >= 0.6 is 15.9 Å². The first-order valence-electron chi connectivity index (χ1n) is 15.0. The van der Waals surface area contributed by atoms with Gasteiger partial charge in [-0.3, -0.25) is 4.79 Å². The number of H-pyrrole nitrogens is 1. The number of nitrogens with zero attached hydrogens (tertiary/aromatic N) is 1. The van der Waals surface area contributed by atoms with Gasteiger partial charge in [-0.05, 0) is 80.1 Å². The first kappa shape index (κ1) is 33.5. The van der Waals surface area contributed by atoms with E-state index in [1.807, 2.05) is 0 Å². The van der Waals surface area contributed by atoms with E-state index in [2.05, 4.69) is 115 Å². The van der Waals surface area contributed by atoms with Gasteiger partial charge < -0.3 is 24.8 Å². The molecule has 2 unspecified atom stereocenters. The molecule has 228 valence electrons. The van der Waals surface area contributed by atoms with E-state index in [0.29, 0.717) is 6.61 Å². The topological polar surface area (TPSA) is 85.8 Å². The summed E-state index contributed by atoms with van der Waals surface area (Å²) in [6, 6.07) is 15.2. The Morgan fingerprint density at radius 1 is 1.10 bits per heavy atom. The highest BCUT2D eigenvalue weighted by atomic mass is 79.9. The van der Waals surface area contributed by atoms with E-state index in [4.69, 9.17) is 14.6 Å². The molecule has 2 heterocycles. The number of carboxylic acid groups (broad SMARTS) is 1. The van der Waals surface area contributed by atoms with Crippen molar-refractivity contribution in [3.63, 3.8) is 0 Å². The Bertz CT molecular complexity index is 1380. The molecule has 7 heteroatoms. The number of carbonyl (C=O) groups is 1. The van der Waals surface area contributed by atoms with Gasteiger partial charge in [0, 0.05) is 45.7 Å². The van der Waals surface area contributed by atoms with Crippen molar-refractivity contribution in [2.45, 2.75) is 79.7 Å². The van der Waals surface area contributed by atoms with E-state index in [9.17, 15) is 5.11 Å². The van der Waals surface area contributed by atoms with Crippen LogP contribution in [0.1, 0.15) is 90.1 Å². The third-order valence-corrected chi connectivity index (χ3v) is 8.31. The Morgan fingerprint density at radius 3 is 2.33 bits per heavy atom. The maximum atomic E-state index is 9.72. The summed E-state index contributed by atoms with van der Waals surface area (Å²) in [7, 11) is 0. The molecule has 0 amide bonds. The number of aromatic amines is 1. The number of hydrogen-bond acceptors (Lipinski definition) is 4. The summed E-state index contributed by atoms with van der Waals surface area (Å²) in [6.07, 6.45) is 9.94. The smallest absolute Gasteiger partial charge is 0.300 e. The number of aliphatic hydroxyl groups excluding tert-OH is 1. The number of halogens is 1. The standard InChI is InChI=1S/C30H35BrN2O2.C3H8.C2H4O2/c1-4-30(3,18-34)19-35-24-12-7-21(8-13-24)29-28-25(26-17-22(31)9-14-27(26)32-28)15-16-33(29)23-10-5-20(2)6-11-23;1-3-2;1-2(3)4/h5,7-10,12-14,17,29,32,34H,4,6,11,15-16,18-19H2,1-3H3;3H2,1-2H3;1H3,(H,3,4). The van der Waals surface area contributed by atoms with Crippen molar-refractivity contribution >= 4 is 32.8 Å². The van der Waals surface area contributed by atoms with E-state index in [0.717, 1.165) is 49.4 Å². The third-order valence-electron chi connectivity index (χ3n) is 7.81. The summed E-state index contributed by atoms with van der Waals surface area (Å²) in [6.45, 7) is 13.3. The highest BCUT2D eigenvalue weighted by Crippen LogP contribution is 2.42. The molecule has 42 heavy (non-hydrogen) atoms. The number of ether oxygens (including phenoxy) is 1. The maximum Gasteiger partial charge on any atom is 0.300 e. The summed E-state index contributed by atoms with van der Waals surface area (Å²) < 4.78 is 7.19. The van der Waals surface area contributed by atoms with Gasteiger partial charge in [-0.15, -0.1) is 0 Å². The Morgan fingerprint density at radius 2 is 1.76 bits per heavy atom. The molecule has 5 rings (SSSR count). The number of benzene rings is 2. The maximum absolute atomic E-state index is 9.72. The second kappa shape index (κ2) is 15.4. The minimum Gasteiger partial charge on any atom is -0.493 e. The van der Waals surface area contributed by atoms with Crippen molar-refractivity contribution in [1.82, 2.24) is 9.88 Å². The fraction of sp³-hybridized carbons (Fsp3) is 0.457. The van der Waals surface area contributed by atoms with Crippen molar-refractivity contribution in [2.24, 2.45) is 5.41 Å². The summed E-state index contributed by atoms with van der Waals surface area (Å²) in [5.41, 5.74) is 7.82. The Labute approximate surface area is 259 Å². The lowest BCUT2D eigenvalue weighted by atomic mass is 9.89. The Kier molecular flexibility index (Phi) is 12.3. The molecule has 0 saturated carbocycles.